The maximum Gasteiger partial charge on any atom is 0.330 e. The van der Waals surface area contributed by atoms with E-state index in [4.69, 9.17) is 0 Å². The minimum atomic E-state index is -1.00. The molecule has 0 aliphatic heterocycles. The second-order valence-electron chi connectivity index (χ2n) is 4.28. The average molecular weight is 259 g/mol. The Morgan fingerprint density at radius 3 is 2.58 bits per heavy atom. The topological polar surface area (TPSA) is 49.3 Å². The first-order valence-electron chi connectivity index (χ1n) is 5.88. The van der Waals surface area contributed by atoms with Crippen LogP contribution in [-0.2, 0) is 4.79 Å². The van der Waals surface area contributed by atoms with Crippen LogP contribution < -0.4 is 5.32 Å². The fourth-order valence-corrected chi connectivity index (χ4v) is 1.93. The molecule has 2 rings (SSSR count). The Kier molecular flexibility index (Phi) is 3.80. The number of anilines is 1. The van der Waals surface area contributed by atoms with E-state index in [-0.39, 0.29) is 0 Å². The van der Waals surface area contributed by atoms with E-state index in [0.717, 1.165) is 5.56 Å². The van der Waals surface area contributed by atoms with Crippen LogP contribution >= 0.6 is 0 Å². The number of carboxylic acid groups (broad SMARTS) is 1. The molecule has 19 heavy (non-hydrogen) atoms. The SMILES string of the molecule is Cc1ccccc1C(Nc1cccc(F)c1)C(=O)O. The highest BCUT2D eigenvalue weighted by Gasteiger charge is 2.21. The standard InChI is InChI=1S/C15H14FNO2/c1-10-5-2-3-8-13(10)14(15(18)19)17-12-7-4-6-11(16)9-12/h2-9,14,17H,1H3,(H,18,19). The van der Waals surface area contributed by atoms with Crippen LogP contribution in [0.4, 0.5) is 10.1 Å². The van der Waals surface area contributed by atoms with Crippen LogP contribution in [0.25, 0.3) is 0 Å². The molecule has 0 bridgehead atoms. The van der Waals surface area contributed by atoms with E-state index in [1.165, 1.54) is 18.2 Å². The Labute approximate surface area is 110 Å². The molecule has 1 atom stereocenters. The number of carbonyl (C=O) groups is 1. The Morgan fingerprint density at radius 2 is 1.95 bits per heavy atom. The summed E-state index contributed by atoms with van der Waals surface area (Å²) in [5, 5.41) is 12.2. The Bertz CT molecular complexity index is 598. The second-order valence-corrected chi connectivity index (χ2v) is 4.28. The average Bonchev–Trinajstić information content (AvgIpc) is 2.37. The Morgan fingerprint density at radius 1 is 1.21 bits per heavy atom. The maximum atomic E-state index is 13.1. The summed E-state index contributed by atoms with van der Waals surface area (Å²) >= 11 is 0. The van der Waals surface area contributed by atoms with E-state index in [1.54, 1.807) is 18.2 Å². The van der Waals surface area contributed by atoms with Gasteiger partial charge in [-0.3, -0.25) is 0 Å². The molecule has 4 heteroatoms. The van der Waals surface area contributed by atoms with Crippen molar-refractivity contribution in [2.45, 2.75) is 13.0 Å². The molecule has 0 saturated heterocycles. The Hall–Kier alpha value is -2.36. The van der Waals surface area contributed by atoms with Gasteiger partial charge in [0.2, 0.25) is 0 Å². The van der Waals surface area contributed by atoms with E-state index < -0.39 is 17.8 Å². The number of hydrogen-bond donors (Lipinski definition) is 2. The molecule has 0 heterocycles. The lowest BCUT2D eigenvalue weighted by molar-refractivity contribution is -0.138. The van der Waals surface area contributed by atoms with Gasteiger partial charge in [0, 0.05) is 5.69 Å². The molecule has 0 aliphatic carbocycles. The highest BCUT2D eigenvalue weighted by Crippen LogP contribution is 2.23. The van der Waals surface area contributed by atoms with Gasteiger partial charge in [0.1, 0.15) is 5.82 Å². The molecule has 1 unspecified atom stereocenters. The maximum absolute atomic E-state index is 13.1. The van der Waals surface area contributed by atoms with Gasteiger partial charge in [-0.25, -0.2) is 9.18 Å². The molecule has 0 fully saturated rings. The fourth-order valence-electron chi connectivity index (χ4n) is 1.93. The first kappa shape index (κ1) is 13.1. The van der Waals surface area contributed by atoms with Gasteiger partial charge in [-0.05, 0) is 36.2 Å². The summed E-state index contributed by atoms with van der Waals surface area (Å²) in [6.45, 7) is 1.85. The first-order chi connectivity index (χ1) is 9.08. The van der Waals surface area contributed by atoms with Crippen LogP contribution in [0.1, 0.15) is 17.2 Å². The van der Waals surface area contributed by atoms with Gasteiger partial charge in [0.25, 0.3) is 0 Å². The predicted molar refractivity (Wildman–Crippen MR) is 71.6 cm³/mol. The number of benzene rings is 2. The lowest BCUT2D eigenvalue weighted by atomic mass is 10.0. The number of aliphatic carboxylic acids is 1. The first-order valence-corrected chi connectivity index (χ1v) is 5.88. The smallest absolute Gasteiger partial charge is 0.330 e. The zero-order valence-corrected chi connectivity index (χ0v) is 10.4. The Balaban J connectivity index is 2.32. The summed E-state index contributed by atoms with van der Waals surface area (Å²) in [6.07, 6.45) is 0. The van der Waals surface area contributed by atoms with E-state index in [9.17, 15) is 14.3 Å². The summed E-state index contributed by atoms with van der Waals surface area (Å²) in [5.41, 5.74) is 1.98. The van der Waals surface area contributed by atoms with E-state index in [2.05, 4.69) is 5.32 Å². The van der Waals surface area contributed by atoms with Gasteiger partial charge in [-0.2, -0.15) is 0 Å². The number of aryl methyl sites for hydroxylation is 1. The summed E-state index contributed by atoms with van der Waals surface area (Å²) in [7, 11) is 0. The zero-order valence-electron chi connectivity index (χ0n) is 10.4. The molecular weight excluding hydrogens is 245 g/mol. The highest BCUT2D eigenvalue weighted by molar-refractivity contribution is 5.79. The van der Waals surface area contributed by atoms with Crippen LogP contribution in [0.2, 0.25) is 0 Å². The molecule has 0 aromatic heterocycles. The van der Waals surface area contributed by atoms with Gasteiger partial charge < -0.3 is 10.4 Å². The number of rotatable bonds is 4. The normalized spacial score (nSPS) is 11.9. The summed E-state index contributed by atoms with van der Waals surface area (Å²) < 4.78 is 13.1. The van der Waals surface area contributed by atoms with Crippen molar-refractivity contribution in [2.75, 3.05) is 5.32 Å². The van der Waals surface area contributed by atoms with Gasteiger partial charge in [0.05, 0.1) is 0 Å². The molecule has 0 saturated carbocycles. The summed E-state index contributed by atoms with van der Waals surface area (Å²) in [4.78, 5) is 11.4. The minimum Gasteiger partial charge on any atom is -0.479 e. The number of carboxylic acids is 1. The van der Waals surface area contributed by atoms with Crippen molar-refractivity contribution in [1.82, 2.24) is 0 Å². The molecule has 0 spiro atoms. The third-order valence-electron chi connectivity index (χ3n) is 2.88. The lowest BCUT2D eigenvalue weighted by Crippen LogP contribution is -2.21. The third kappa shape index (κ3) is 3.10. The van der Waals surface area contributed by atoms with Crippen LogP contribution in [-0.4, -0.2) is 11.1 Å². The molecule has 2 aromatic rings. The molecule has 0 amide bonds. The van der Waals surface area contributed by atoms with Crippen molar-refractivity contribution in [3.8, 4) is 0 Å². The van der Waals surface area contributed by atoms with Crippen molar-refractivity contribution in [1.29, 1.82) is 0 Å². The van der Waals surface area contributed by atoms with E-state index in [0.29, 0.717) is 11.3 Å². The van der Waals surface area contributed by atoms with Gasteiger partial charge in [-0.1, -0.05) is 30.3 Å². The quantitative estimate of drug-likeness (QED) is 0.885. The van der Waals surface area contributed by atoms with E-state index >= 15 is 0 Å². The van der Waals surface area contributed by atoms with Crippen LogP contribution in [0.5, 0.6) is 0 Å². The van der Waals surface area contributed by atoms with Gasteiger partial charge >= 0.3 is 5.97 Å². The van der Waals surface area contributed by atoms with Crippen molar-refractivity contribution >= 4 is 11.7 Å². The molecule has 2 aromatic carbocycles. The van der Waals surface area contributed by atoms with Crippen LogP contribution in [0.15, 0.2) is 48.5 Å². The van der Waals surface area contributed by atoms with Crippen LogP contribution in [0.3, 0.4) is 0 Å². The monoisotopic (exact) mass is 259 g/mol. The zero-order chi connectivity index (χ0) is 13.8. The van der Waals surface area contributed by atoms with Crippen LogP contribution in [0, 0.1) is 12.7 Å². The highest BCUT2D eigenvalue weighted by atomic mass is 19.1. The second kappa shape index (κ2) is 5.52. The molecule has 0 aliphatic rings. The summed E-state index contributed by atoms with van der Waals surface area (Å²) in [6, 6.07) is 12.1. The number of halogens is 1. The molecule has 2 N–H and O–H groups in total. The van der Waals surface area contributed by atoms with Crippen molar-refractivity contribution in [3.05, 3.63) is 65.5 Å². The third-order valence-corrected chi connectivity index (χ3v) is 2.88. The van der Waals surface area contributed by atoms with Gasteiger partial charge in [-0.15, -0.1) is 0 Å². The predicted octanol–water partition coefficient (Wildman–Crippen LogP) is 3.37. The largest absolute Gasteiger partial charge is 0.479 e. The van der Waals surface area contributed by atoms with Crippen molar-refractivity contribution in [2.24, 2.45) is 0 Å². The lowest BCUT2D eigenvalue weighted by Gasteiger charge is -2.18. The number of hydrogen-bond acceptors (Lipinski definition) is 2. The molecular formula is C15H14FNO2. The summed E-state index contributed by atoms with van der Waals surface area (Å²) in [5.74, 6) is -1.41. The van der Waals surface area contributed by atoms with Crippen molar-refractivity contribution < 1.29 is 14.3 Å². The fraction of sp³-hybridized carbons (Fsp3) is 0.133. The molecule has 0 radical (unpaired) electrons. The minimum absolute atomic E-state index is 0.404. The van der Waals surface area contributed by atoms with Crippen molar-refractivity contribution in [3.63, 3.8) is 0 Å². The van der Waals surface area contributed by atoms with Gasteiger partial charge in [0.15, 0.2) is 6.04 Å². The molecule has 98 valence electrons. The number of nitrogens with one attached hydrogen (secondary N) is 1. The van der Waals surface area contributed by atoms with E-state index in [1.807, 2.05) is 19.1 Å². The molecule has 3 nitrogen and oxygen atoms in total.